The van der Waals surface area contributed by atoms with Crippen LogP contribution in [-0.2, 0) is 9.53 Å². The number of nitrogens with zero attached hydrogens (tertiary/aromatic N) is 1. The second kappa shape index (κ2) is 7.86. The van der Waals surface area contributed by atoms with E-state index in [2.05, 4.69) is 15.4 Å². The number of nitrogens with one attached hydrogen (secondary N) is 2. The number of carbonyl (C=O) groups excluding carboxylic acids is 1. The summed E-state index contributed by atoms with van der Waals surface area (Å²) in [6, 6.07) is 1.13. The molecule has 0 bridgehead atoms. The summed E-state index contributed by atoms with van der Waals surface area (Å²) in [5, 5.41) is 13.0. The van der Waals surface area contributed by atoms with Crippen molar-refractivity contribution in [2.45, 2.75) is 6.18 Å². The minimum absolute atomic E-state index is 0.266. The highest BCUT2D eigenvalue weighted by molar-refractivity contribution is 5.77. The van der Waals surface area contributed by atoms with Crippen LogP contribution in [0.1, 0.15) is 0 Å². The van der Waals surface area contributed by atoms with Gasteiger partial charge in [0.15, 0.2) is 5.92 Å². The van der Waals surface area contributed by atoms with Crippen LogP contribution in [-0.4, -0.2) is 45.4 Å². The lowest BCUT2D eigenvalue weighted by atomic mass is 10.1. The monoisotopic (exact) mass is 253 g/mol. The van der Waals surface area contributed by atoms with Gasteiger partial charge >= 0.3 is 6.18 Å². The second-order valence-corrected chi connectivity index (χ2v) is 3.20. The quantitative estimate of drug-likeness (QED) is 0.628. The summed E-state index contributed by atoms with van der Waals surface area (Å²) in [6.07, 6.45) is -4.58. The summed E-state index contributed by atoms with van der Waals surface area (Å²) >= 11 is 0. The number of nitriles is 1. The molecule has 0 aliphatic carbocycles. The van der Waals surface area contributed by atoms with Crippen LogP contribution in [0, 0.1) is 17.2 Å². The number of carbonyl (C=O) groups is 1. The Morgan fingerprint density at radius 1 is 1.53 bits per heavy atom. The van der Waals surface area contributed by atoms with Crippen molar-refractivity contribution >= 4 is 5.91 Å². The van der Waals surface area contributed by atoms with E-state index in [0.29, 0.717) is 6.61 Å². The number of methoxy groups -OCH3 is 1. The van der Waals surface area contributed by atoms with Crippen LogP contribution in [0.2, 0.25) is 0 Å². The minimum Gasteiger partial charge on any atom is -0.383 e. The molecule has 98 valence electrons. The number of hydrogen-bond acceptors (Lipinski definition) is 4. The molecule has 0 fully saturated rings. The Morgan fingerprint density at radius 3 is 2.65 bits per heavy atom. The van der Waals surface area contributed by atoms with Gasteiger partial charge in [-0.2, -0.15) is 18.4 Å². The lowest BCUT2D eigenvalue weighted by Gasteiger charge is -2.13. The van der Waals surface area contributed by atoms with Gasteiger partial charge in [0, 0.05) is 20.2 Å². The zero-order valence-corrected chi connectivity index (χ0v) is 9.30. The Kier molecular flexibility index (Phi) is 7.25. The fourth-order valence-corrected chi connectivity index (χ4v) is 0.920. The number of alkyl halides is 3. The first-order valence-corrected chi connectivity index (χ1v) is 4.84. The van der Waals surface area contributed by atoms with E-state index in [0.717, 1.165) is 6.07 Å². The average molecular weight is 253 g/mol. The maximum absolute atomic E-state index is 12.1. The van der Waals surface area contributed by atoms with Gasteiger partial charge in [-0.25, -0.2) is 0 Å². The zero-order valence-electron chi connectivity index (χ0n) is 9.30. The molecule has 5 nitrogen and oxygen atoms in total. The van der Waals surface area contributed by atoms with Crippen LogP contribution in [0.3, 0.4) is 0 Å². The van der Waals surface area contributed by atoms with Gasteiger partial charge in [0.2, 0.25) is 5.91 Å². The van der Waals surface area contributed by atoms with E-state index < -0.39 is 24.5 Å². The van der Waals surface area contributed by atoms with E-state index in [4.69, 9.17) is 5.26 Å². The Bertz CT molecular complexity index is 276. The smallest absolute Gasteiger partial charge is 0.383 e. The number of ether oxygens (including phenoxy) is 1. The largest absolute Gasteiger partial charge is 0.405 e. The fourth-order valence-electron chi connectivity index (χ4n) is 0.920. The Morgan fingerprint density at radius 2 is 2.18 bits per heavy atom. The van der Waals surface area contributed by atoms with Crippen LogP contribution in [0.15, 0.2) is 0 Å². The van der Waals surface area contributed by atoms with Gasteiger partial charge in [0.1, 0.15) is 0 Å². The van der Waals surface area contributed by atoms with Crippen molar-refractivity contribution in [1.29, 1.82) is 5.26 Å². The lowest BCUT2D eigenvalue weighted by molar-refractivity contribution is -0.158. The van der Waals surface area contributed by atoms with Gasteiger partial charge in [0.05, 0.1) is 19.2 Å². The Labute approximate surface area is 96.9 Å². The first-order chi connectivity index (χ1) is 7.91. The molecular formula is C9H14F3N3O2. The second-order valence-electron chi connectivity index (χ2n) is 3.20. The highest BCUT2D eigenvalue weighted by atomic mass is 19.4. The van der Waals surface area contributed by atoms with E-state index in [1.54, 1.807) is 0 Å². The number of hydrogen-bond donors (Lipinski definition) is 2. The van der Waals surface area contributed by atoms with Crippen molar-refractivity contribution in [3.05, 3.63) is 0 Å². The summed E-state index contributed by atoms with van der Waals surface area (Å²) in [7, 11) is 1.46. The molecule has 0 saturated heterocycles. The van der Waals surface area contributed by atoms with Gasteiger partial charge in [-0.15, -0.1) is 0 Å². The number of halogens is 3. The third-order valence-electron chi connectivity index (χ3n) is 1.81. The Balaban J connectivity index is 3.76. The van der Waals surface area contributed by atoms with Crippen molar-refractivity contribution in [2.75, 3.05) is 33.4 Å². The van der Waals surface area contributed by atoms with E-state index >= 15 is 0 Å². The van der Waals surface area contributed by atoms with Crippen molar-refractivity contribution in [2.24, 2.45) is 5.92 Å². The lowest BCUT2D eigenvalue weighted by Crippen LogP contribution is -2.39. The van der Waals surface area contributed by atoms with Crippen LogP contribution in [0.5, 0.6) is 0 Å². The summed E-state index contributed by atoms with van der Waals surface area (Å²) in [5.41, 5.74) is 0. The predicted octanol–water partition coefficient (Wildman–Crippen LogP) is 0.0407. The fraction of sp³-hybridized carbons (Fsp3) is 0.778. The molecule has 0 rings (SSSR count). The summed E-state index contributed by atoms with van der Waals surface area (Å²) in [5.74, 6) is -2.55. The molecule has 0 heterocycles. The van der Waals surface area contributed by atoms with Crippen LogP contribution < -0.4 is 10.6 Å². The predicted molar refractivity (Wildman–Crippen MR) is 52.9 cm³/mol. The molecule has 0 saturated carbocycles. The van der Waals surface area contributed by atoms with Gasteiger partial charge < -0.3 is 15.4 Å². The number of amides is 1. The van der Waals surface area contributed by atoms with Gasteiger partial charge in [-0.05, 0) is 0 Å². The average Bonchev–Trinajstić information content (AvgIpc) is 2.23. The molecule has 1 amide bonds. The van der Waals surface area contributed by atoms with Gasteiger partial charge in [0.25, 0.3) is 0 Å². The first-order valence-electron chi connectivity index (χ1n) is 4.84. The molecular weight excluding hydrogens is 239 g/mol. The van der Waals surface area contributed by atoms with Crippen LogP contribution in [0.25, 0.3) is 0 Å². The highest BCUT2D eigenvalue weighted by Crippen LogP contribution is 2.24. The highest BCUT2D eigenvalue weighted by Gasteiger charge is 2.39. The summed E-state index contributed by atoms with van der Waals surface area (Å²) in [4.78, 5) is 11.0. The molecule has 0 spiro atoms. The molecule has 2 N–H and O–H groups in total. The van der Waals surface area contributed by atoms with E-state index in [9.17, 15) is 18.0 Å². The third-order valence-corrected chi connectivity index (χ3v) is 1.81. The molecule has 17 heavy (non-hydrogen) atoms. The normalized spacial score (nSPS) is 12.9. The molecule has 0 aliphatic rings. The standard InChI is InChI=1S/C9H14F3N3O2/c1-17-3-2-15-8(16)6-14-5-7(4-13)9(10,11)12/h7,14H,2-3,5-6H2,1H3,(H,15,16). The van der Waals surface area contributed by atoms with Crippen molar-refractivity contribution in [1.82, 2.24) is 10.6 Å². The van der Waals surface area contributed by atoms with Crippen LogP contribution in [0.4, 0.5) is 13.2 Å². The van der Waals surface area contributed by atoms with Crippen molar-refractivity contribution < 1.29 is 22.7 Å². The Hall–Kier alpha value is -1.33. The topological polar surface area (TPSA) is 74.2 Å². The van der Waals surface area contributed by atoms with Crippen molar-refractivity contribution in [3.8, 4) is 6.07 Å². The summed E-state index contributed by atoms with van der Waals surface area (Å²) < 4.78 is 41.0. The molecule has 0 aromatic rings. The molecule has 0 aliphatic heterocycles. The molecule has 1 atom stereocenters. The van der Waals surface area contributed by atoms with Gasteiger partial charge in [-0.3, -0.25) is 4.79 Å². The van der Waals surface area contributed by atoms with E-state index in [-0.39, 0.29) is 13.1 Å². The van der Waals surface area contributed by atoms with Crippen molar-refractivity contribution in [3.63, 3.8) is 0 Å². The van der Waals surface area contributed by atoms with E-state index in [1.165, 1.54) is 7.11 Å². The molecule has 0 aromatic carbocycles. The van der Waals surface area contributed by atoms with Gasteiger partial charge in [-0.1, -0.05) is 0 Å². The first kappa shape index (κ1) is 15.7. The van der Waals surface area contributed by atoms with Crippen LogP contribution >= 0.6 is 0 Å². The third kappa shape index (κ3) is 7.54. The SMILES string of the molecule is COCCNC(=O)CNCC(C#N)C(F)(F)F. The zero-order chi connectivity index (χ0) is 13.3. The molecule has 8 heteroatoms. The maximum Gasteiger partial charge on any atom is 0.405 e. The van der Waals surface area contributed by atoms with E-state index in [1.807, 2.05) is 0 Å². The number of rotatable bonds is 7. The minimum atomic E-state index is -4.58. The molecule has 0 radical (unpaired) electrons. The molecule has 0 aromatic heterocycles. The summed E-state index contributed by atoms with van der Waals surface area (Å²) in [6.45, 7) is -0.247. The molecule has 1 unspecified atom stereocenters. The maximum atomic E-state index is 12.1.